The van der Waals surface area contributed by atoms with Crippen LogP contribution in [0.4, 0.5) is 0 Å². The van der Waals surface area contributed by atoms with Gasteiger partial charge in [0.05, 0.1) is 12.6 Å². The molecule has 3 heteroatoms. The van der Waals surface area contributed by atoms with Crippen LogP contribution in [-0.2, 0) is 19.5 Å². The number of aryl methyl sites for hydroxylation is 1. The third kappa shape index (κ3) is 3.10. The van der Waals surface area contributed by atoms with Crippen molar-refractivity contribution in [3.8, 4) is 0 Å². The van der Waals surface area contributed by atoms with Crippen LogP contribution in [-0.4, -0.2) is 33.8 Å². The van der Waals surface area contributed by atoms with Gasteiger partial charge in [0.15, 0.2) is 0 Å². The number of para-hydroxylation sites is 1. The van der Waals surface area contributed by atoms with E-state index in [1.165, 1.54) is 33.3 Å². The molecule has 2 heterocycles. The SMILES string of the molecule is Cc1c(C)n(C[C@H](O)CN2CCc3ccccc3C2)c2ccccc12. The Morgan fingerprint density at radius 3 is 2.52 bits per heavy atom. The summed E-state index contributed by atoms with van der Waals surface area (Å²) in [4.78, 5) is 2.38. The van der Waals surface area contributed by atoms with E-state index in [0.717, 1.165) is 26.1 Å². The van der Waals surface area contributed by atoms with Crippen molar-refractivity contribution in [1.29, 1.82) is 0 Å². The number of hydrogen-bond acceptors (Lipinski definition) is 2. The van der Waals surface area contributed by atoms with Crippen molar-refractivity contribution in [2.24, 2.45) is 0 Å². The van der Waals surface area contributed by atoms with Crippen LogP contribution < -0.4 is 0 Å². The van der Waals surface area contributed by atoms with E-state index in [0.29, 0.717) is 6.54 Å². The molecule has 1 aliphatic rings. The lowest BCUT2D eigenvalue weighted by molar-refractivity contribution is 0.0923. The zero-order valence-corrected chi connectivity index (χ0v) is 15.1. The second kappa shape index (κ2) is 6.66. The van der Waals surface area contributed by atoms with Crippen LogP contribution in [0.15, 0.2) is 48.5 Å². The van der Waals surface area contributed by atoms with Gasteiger partial charge in [-0.1, -0.05) is 42.5 Å². The molecule has 0 saturated heterocycles. The molecule has 3 nitrogen and oxygen atoms in total. The summed E-state index contributed by atoms with van der Waals surface area (Å²) in [6.45, 7) is 7.66. The number of aliphatic hydroxyl groups excluding tert-OH is 1. The Labute approximate surface area is 149 Å². The summed E-state index contributed by atoms with van der Waals surface area (Å²) in [5, 5.41) is 12.0. The minimum absolute atomic E-state index is 0.362. The van der Waals surface area contributed by atoms with Crippen molar-refractivity contribution >= 4 is 10.9 Å². The number of nitrogens with zero attached hydrogens (tertiary/aromatic N) is 2. The number of benzene rings is 2. The molecule has 0 fully saturated rings. The lowest BCUT2D eigenvalue weighted by atomic mass is 10.00. The van der Waals surface area contributed by atoms with Gasteiger partial charge < -0.3 is 9.67 Å². The van der Waals surface area contributed by atoms with Crippen molar-refractivity contribution in [1.82, 2.24) is 9.47 Å². The van der Waals surface area contributed by atoms with E-state index in [1.54, 1.807) is 0 Å². The number of aliphatic hydroxyl groups is 1. The van der Waals surface area contributed by atoms with E-state index in [4.69, 9.17) is 0 Å². The molecular weight excluding hydrogens is 308 g/mol. The van der Waals surface area contributed by atoms with Gasteiger partial charge in [0.25, 0.3) is 0 Å². The first-order valence-electron chi connectivity index (χ1n) is 9.15. The molecule has 2 aromatic carbocycles. The average Bonchev–Trinajstić information content (AvgIpc) is 2.87. The highest BCUT2D eigenvalue weighted by atomic mass is 16.3. The van der Waals surface area contributed by atoms with Crippen LogP contribution in [0.5, 0.6) is 0 Å². The quantitative estimate of drug-likeness (QED) is 0.788. The minimum Gasteiger partial charge on any atom is -0.390 e. The molecule has 1 aromatic heterocycles. The third-order valence-corrected chi connectivity index (χ3v) is 5.62. The van der Waals surface area contributed by atoms with Crippen LogP contribution in [0.3, 0.4) is 0 Å². The van der Waals surface area contributed by atoms with E-state index in [9.17, 15) is 5.11 Å². The Hall–Kier alpha value is -2.10. The molecule has 0 spiro atoms. The summed E-state index contributed by atoms with van der Waals surface area (Å²) < 4.78 is 2.27. The average molecular weight is 334 g/mol. The molecule has 0 amide bonds. The number of aromatic nitrogens is 1. The van der Waals surface area contributed by atoms with Gasteiger partial charge in [0.2, 0.25) is 0 Å². The number of β-amino-alcohol motifs (C(OH)–C–C–N with tert-alkyl or cyclic N) is 1. The topological polar surface area (TPSA) is 28.4 Å². The van der Waals surface area contributed by atoms with Crippen molar-refractivity contribution < 1.29 is 5.11 Å². The largest absolute Gasteiger partial charge is 0.390 e. The predicted octanol–water partition coefficient (Wildman–Crippen LogP) is 3.68. The molecule has 1 aliphatic heterocycles. The van der Waals surface area contributed by atoms with Crippen molar-refractivity contribution in [3.05, 3.63) is 70.9 Å². The van der Waals surface area contributed by atoms with E-state index >= 15 is 0 Å². The number of fused-ring (bicyclic) bond motifs is 2. The first-order valence-corrected chi connectivity index (χ1v) is 9.15. The summed E-state index contributed by atoms with van der Waals surface area (Å²) in [6.07, 6.45) is 0.715. The molecule has 1 N–H and O–H groups in total. The van der Waals surface area contributed by atoms with Gasteiger partial charge in [-0.3, -0.25) is 4.90 Å². The second-order valence-corrected chi connectivity index (χ2v) is 7.25. The Morgan fingerprint density at radius 1 is 0.960 bits per heavy atom. The summed E-state index contributed by atoms with van der Waals surface area (Å²) in [7, 11) is 0. The van der Waals surface area contributed by atoms with Gasteiger partial charge >= 0.3 is 0 Å². The van der Waals surface area contributed by atoms with Gasteiger partial charge in [0.1, 0.15) is 0 Å². The summed E-state index contributed by atoms with van der Waals surface area (Å²) in [6, 6.07) is 17.1. The van der Waals surface area contributed by atoms with Crippen LogP contribution in [0.2, 0.25) is 0 Å². The molecule has 0 radical (unpaired) electrons. The third-order valence-electron chi connectivity index (χ3n) is 5.62. The number of rotatable bonds is 4. The smallest absolute Gasteiger partial charge is 0.0845 e. The molecule has 3 aromatic rings. The highest BCUT2D eigenvalue weighted by Crippen LogP contribution is 2.25. The molecule has 0 bridgehead atoms. The molecular formula is C22H26N2O. The highest BCUT2D eigenvalue weighted by Gasteiger charge is 2.20. The molecule has 0 saturated carbocycles. The summed E-state index contributed by atoms with van der Waals surface area (Å²) in [5.74, 6) is 0. The van der Waals surface area contributed by atoms with Crippen LogP contribution in [0.1, 0.15) is 22.4 Å². The molecule has 130 valence electrons. The highest BCUT2D eigenvalue weighted by molar-refractivity contribution is 5.85. The van der Waals surface area contributed by atoms with Crippen LogP contribution >= 0.6 is 0 Å². The van der Waals surface area contributed by atoms with E-state index in [1.807, 2.05) is 0 Å². The zero-order valence-electron chi connectivity index (χ0n) is 15.1. The molecule has 0 aliphatic carbocycles. The van der Waals surface area contributed by atoms with Crippen molar-refractivity contribution in [2.45, 2.75) is 39.5 Å². The molecule has 1 atom stereocenters. The Morgan fingerprint density at radius 2 is 1.68 bits per heavy atom. The second-order valence-electron chi connectivity index (χ2n) is 7.25. The van der Waals surface area contributed by atoms with Crippen molar-refractivity contribution in [2.75, 3.05) is 13.1 Å². The first-order chi connectivity index (χ1) is 12.1. The monoisotopic (exact) mass is 334 g/mol. The maximum Gasteiger partial charge on any atom is 0.0845 e. The maximum atomic E-state index is 10.7. The van der Waals surface area contributed by atoms with Crippen LogP contribution in [0.25, 0.3) is 10.9 Å². The fourth-order valence-corrected chi connectivity index (χ4v) is 4.12. The minimum atomic E-state index is -0.362. The Bertz CT molecular complexity index is 896. The van der Waals surface area contributed by atoms with E-state index in [2.05, 4.69) is 71.8 Å². The van der Waals surface area contributed by atoms with E-state index in [-0.39, 0.29) is 6.10 Å². The fraction of sp³-hybridized carbons (Fsp3) is 0.364. The predicted molar refractivity (Wildman–Crippen MR) is 103 cm³/mol. The molecule has 4 rings (SSSR count). The van der Waals surface area contributed by atoms with Crippen molar-refractivity contribution in [3.63, 3.8) is 0 Å². The zero-order chi connectivity index (χ0) is 17.4. The van der Waals surface area contributed by atoms with Gasteiger partial charge in [-0.2, -0.15) is 0 Å². The summed E-state index contributed by atoms with van der Waals surface area (Å²) >= 11 is 0. The lowest BCUT2D eigenvalue weighted by Gasteiger charge is -2.30. The van der Waals surface area contributed by atoms with Gasteiger partial charge in [-0.25, -0.2) is 0 Å². The van der Waals surface area contributed by atoms with Gasteiger partial charge in [-0.15, -0.1) is 0 Å². The molecule has 0 unspecified atom stereocenters. The number of hydrogen-bond donors (Lipinski definition) is 1. The maximum absolute atomic E-state index is 10.7. The summed E-state index contributed by atoms with van der Waals surface area (Å²) in [5.41, 5.74) is 6.65. The van der Waals surface area contributed by atoms with Crippen LogP contribution in [0, 0.1) is 13.8 Å². The van der Waals surface area contributed by atoms with Gasteiger partial charge in [-0.05, 0) is 43.0 Å². The fourth-order valence-electron chi connectivity index (χ4n) is 4.12. The standard InChI is InChI=1S/C22H26N2O/c1-16-17(2)24(22-10-6-5-9-21(16)22)15-20(25)14-23-12-11-18-7-3-4-8-19(18)13-23/h3-10,20,25H,11-15H2,1-2H3/t20-/m1/s1. The lowest BCUT2D eigenvalue weighted by Crippen LogP contribution is -2.38. The molecule has 25 heavy (non-hydrogen) atoms. The van der Waals surface area contributed by atoms with E-state index < -0.39 is 0 Å². The Balaban J connectivity index is 1.49. The Kier molecular flexibility index (Phi) is 4.36. The first kappa shape index (κ1) is 16.4. The normalized spacial score (nSPS) is 16.1. The van der Waals surface area contributed by atoms with Gasteiger partial charge in [0, 0.05) is 36.2 Å².